The van der Waals surface area contributed by atoms with E-state index < -0.39 is 16.5 Å². The fourth-order valence-corrected chi connectivity index (χ4v) is 4.08. The number of hydrogen-bond donors (Lipinski definition) is 3. The second-order valence-electron chi connectivity index (χ2n) is 6.49. The standard InChI is InChI=1S/C18H19N5O3S/c19-10-12-8-13(23(25)26)3-4-15(12)18(5-6-21-11-18)22-17(24)16(20)9-14-2-1-7-27-14/h1-4,7-8,16,21H,5-6,9,11,20H2,(H,22,24)/t16-,18+/m0/s1. The highest BCUT2D eigenvalue weighted by atomic mass is 32.1. The van der Waals surface area contributed by atoms with Gasteiger partial charge in [-0.25, -0.2) is 0 Å². The molecule has 0 saturated carbocycles. The Labute approximate surface area is 160 Å². The van der Waals surface area contributed by atoms with Gasteiger partial charge >= 0.3 is 0 Å². The molecular weight excluding hydrogens is 366 g/mol. The summed E-state index contributed by atoms with van der Waals surface area (Å²) in [7, 11) is 0. The third kappa shape index (κ3) is 3.98. The van der Waals surface area contributed by atoms with E-state index in [0.29, 0.717) is 31.5 Å². The second-order valence-corrected chi connectivity index (χ2v) is 7.52. The maximum absolute atomic E-state index is 12.7. The van der Waals surface area contributed by atoms with Crippen LogP contribution in [0.1, 0.15) is 22.4 Å². The highest BCUT2D eigenvalue weighted by Crippen LogP contribution is 2.32. The minimum Gasteiger partial charge on any atom is -0.344 e. The van der Waals surface area contributed by atoms with Crippen LogP contribution < -0.4 is 16.4 Å². The summed E-state index contributed by atoms with van der Waals surface area (Å²) < 4.78 is 0. The largest absolute Gasteiger partial charge is 0.344 e. The summed E-state index contributed by atoms with van der Waals surface area (Å²) in [5.41, 5.74) is 5.85. The number of nitro benzene ring substituents is 1. The molecule has 0 spiro atoms. The quantitative estimate of drug-likeness (QED) is 0.508. The Kier molecular flexibility index (Phi) is 5.51. The summed E-state index contributed by atoms with van der Waals surface area (Å²) in [5.74, 6) is -0.311. The summed E-state index contributed by atoms with van der Waals surface area (Å²) in [6.45, 7) is 1.08. The van der Waals surface area contributed by atoms with E-state index in [1.54, 1.807) is 6.07 Å². The molecule has 3 rings (SSSR count). The molecule has 2 heterocycles. The summed E-state index contributed by atoms with van der Waals surface area (Å²) in [5, 5.41) is 28.6. The van der Waals surface area contributed by atoms with Crippen molar-refractivity contribution in [2.24, 2.45) is 5.73 Å². The first-order chi connectivity index (χ1) is 12.9. The molecule has 1 fully saturated rings. The van der Waals surface area contributed by atoms with Gasteiger partial charge in [0, 0.05) is 30.0 Å². The number of nitrogens with zero attached hydrogens (tertiary/aromatic N) is 2. The van der Waals surface area contributed by atoms with E-state index in [0.717, 1.165) is 4.88 Å². The number of rotatable bonds is 6. The van der Waals surface area contributed by atoms with Crippen molar-refractivity contribution in [3.63, 3.8) is 0 Å². The molecule has 1 saturated heterocycles. The van der Waals surface area contributed by atoms with E-state index in [9.17, 15) is 20.2 Å². The Morgan fingerprint density at radius 3 is 2.93 bits per heavy atom. The summed E-state index contributed by atoms with van der Waals surface area (Å²) in [6.07, 6.45) is 0.995. The Morgan fingerprint density at radius 2 is 2.33 bits per heavy atom. The van der Waals surface area contributed by atoms with E-state index >= 15 is 0 Å². The number of benzene rings is 1. The summed E-state index contributed by atoms with van der Waals surface area (Å²) in [6, 6.07) is 9.28. The maximum Gasteiger partial charge on any atom is 0.270 e. The van der Waals surface area contributed by atoms with Crippen molar-refractivity contribution in [2.45, 2.75) is 24.4 Å². The van der Waals surface area contributed by atoms with Gasteiger partial charge in [-0.05, 0) is 36.0 Å². The van der Waals surface area contributed by atoms with Crippen molar-refractivity contribution in [1.29, 1.82) is 5.26 Å². The van der Waals surface area contributed by atoms with Gasteiger partial charge in [0.05, 0.1) is 28.1 Å². The van der Waals surface area contributed by atoms with Gasteiger partial charge in [0.1, 0.15) is 0 Å². The Morgan fingerprint density at radius 1 is 1.52 bits per heavy atom. The molecule has 0 radical (unpaired) electrons. The third-order valence-corrected chi connectivity index (χ3v) is 5.60. The molecule has 8 nitrogen and oxygen atoms in total. The van der Waals surface area contributed by atoms with Crippen molar-refractivity contribution >= 4 is 22.9 Å². The van der Waals surface area contributed by atoms with Gasteiger partial charge in [0.2, 0.25) is 5.91 Å². The first kappa shape index (κ1) is 19.0. The molecule has 0 unspecified atom stereocenters. The number of nitrogens with one attached hydrogen (secondary N) is 2. The average Bonchev–Trinajstić information content (AvgIpc) is 3.33. The van der Waals surface area contributed by atoms with E-state index in [-0.39, 0.29) is 17.2 Å². The zero-order valence-corrected chi connectivity index (χ0v) is 15.3. The maximum atomic E-state index is 12.7. The molecule has 1 aliphatic rings. The zero-order chi connectivity index (χ0) is 19.4. The molecule has 27 heavy (non-hydrogen) atoms. The van der Waals surface area contributed by atoms with Crippen LogP contribution in [0.15, 0.2) is 35.7 Å². The van der Waals surface area contributed by atoms with Crippen LogP contribution in [0, 0.1) is 21.4 Å². The monoisotopic (exact) mass is 385 g/mol. The van der Waals surface area contributed by atoms with Gasteiger partial charge in [-0.2, -0.15) is 5.26 Å². The molecule has 1 amide bonds. The lowest BCUT2D eigenvalue weighted by Crippen LogP contribution is -2.53. The zero-order valence-electron chi connectivity index (χ0n) is 14.5. The molecular formula is C18H19N5O3S. The van der Waals surface area contributed by atoms with Crippen molar-refractivity contribution in [2.75, 3.05) is 13.1 Å². The Balaban J connectivity index is 1.87. The molecule has 4 N–H and O–H groups in total. The average molecular weight is 385 g/mol. The number of nitro groups is 1. The number of nitriles is 1. The molecule has 1 aliphatic heterocycles. The normalized spacial score (nSPS) is 20.0. The van der Waals surface area contributed by atoms with Gasteiger partial charge in [0.25, 0.3) is 5.69 Å². The number of carbonyl (C=O) groups is 1. The number of nitrogens with two attached hydrogens (primary N) is 1. The van der Waals surface area contributed by atoms with Crippen LogP contribution in [0.2, 0.25) is 0 Å². The van der Waals surface area contributed by atoms with Gasteiger partial charge < -0.3 is 16.4 Å². The van der Waals surface area contributed by atoms with Crippen LogP contribution in [0.4, 0.5) is 5.69 Å². The second kappa shape index (κ2) is 7.84. The molecule has 0 aliphatic carbocycles. The number of thiophene rings is 1. The summed E-state index contributed by atoms with van der Waals surface area (Å²) >= 11 is 1.54. The Hall–Kier alpha value is -2.80. The minimum atomic E-state index is -0.815. The Bertz CT molecular complexity index is 885. The van der Waals surface area contributed by atoms with Gasteiger partial charge in [-0.3, -0.25) is 14.9 Å². The first-order valence-corrected chi connectivity index (χ1v) is 9.33. The molecule has 1 aromatic heterocycles. The van der Waals surface area contributed by atoms with Crippen molar-refractivity contribution < 1.29 is 9.72 Å². The molecule has 9 heteroatoms. The lowest BCUT2D eigenvalue weighted by Gasteiger charge is -2.32. The highest BCUT2D eigenvalue weighted by molar-refractivity contribution is 7.09. The van der Waals surface area contributed by atoms with Crippen LogP contribution in [0.5, 0.6) is 0 Å². The highest BCUT2D eigenvalue weighted by Gasteiger charge is 2.40. The molecule has 2 aromatic rings. The van der Waals surface area contributed by atoms with Crippen molar-refractivity contribution in [1.82, 2.24) is 10.6 Å². The lowest BCUT2D eigenvalue weighted by atomic mass is 9.85. The van der Waals surface area contributed by atoms with Crippen LogP contribution in [-0.4, -0.2) is 30.0 Å². The predicted molar refractivity (Wildman–Crippen MR) is 101 cm³/mol. The predicted octanol–water partition coefficient (Wildman–Crippen LogP) is 1.40. The van der Waals surface area contributed by atoms with Crippen LogP contribution in [0.3, 0.4) is 0 Å². The van der Waals surface area contributed by atoms with Gasteiger partial charge in [0.15, 0.2) is 0 Å². The molecule has 0 bridgehead atoms. The molecule has 140 valence electrons. The fraction of sp³-hybridized carbons (Fsp3) is 0.333. The van der Waals surface area contributed by atoms with Crippen LogP contribution in [-0.2, 0) is 16.8 Å². The van der Waals surface area contributed by atoms with E-state index in [2.05, 4.69) is 10.6 Å². The molecule has 2 atom stereocenters. The summed E-state index contributed by atoms with van der Waals surface area (Å²) in [4.78, 5) is 24.2. The number of hydrogen-bond acceptors (Lipinski definition) is 7. The van der Waals surface area contributed by atoms with E-state index in [4.69, 9.17) is 5.73 Å². The lowest BCUT2D eigenvalue weighted by molar-refractivity contribution is -0.384. The topological polar surface area (TPSA) is 134 Å². The first-order valence-electron chi connectivity index (χ1n) is 8.45. The van der Waals surface area contributed by atoms with Crippen LogP contribution in [0.25, 0.3) is 0 Å². The van der Waals surface area contributed by atoms with Crippen molar-refractivity contribution in [3.8, 4) is 6.07 Å². The van der Waals surface area contributed by atoms with E-state index in [1.165, 1.54) is 23.5 Å². The van der Waals surface area contributed by atoms with Gasteiger partial charge in [-0.15, -0.1) is 11.3 Å². The smallest absolute Gasteiger partial charge is 0.270 e. The fourth-order valence-electron chi connectivity index (χ4n) is 3.32. The number of amides is 1. The SMILES string of the molecule is N#Cc1cc([N+](=O)[O-])ccc1[C@@]1(NC(=O)[C@@H](N)Cc2cccs2)CCNC1. The van der Waals surface area contributed by atoms with Crippen LogP contribution >= 0.6 is 11.3 Å². The number of non-ortho nitro benzene ring substituents is 1. The van der Waals surface area contributed by atoms with E-state index in [1.807, 2.05) is 23.6 Å². The van der Waals surface area contributed by atoms with Crippen molar-refractivity contribution in [3.05, 3.63) is 61.8 Å². The molecule has 1 aromatic carbocycles. The third-order valence-electron chi connectivity index (χ3n) is 4.71. The number of carbonyl (C=O) groups excluding carboxylic acids is 1. The minimum absolute atomic E-state index is 0.155. The van der Waals surface area contributed by atoms with Gasteiger partial charge in [-0.1, -0.05) is 6.07 Å².